The molecule has 0 unspecified atom stereocenters. The van der Waals surface area contributed by atoms with Gasteiger partial charge >= 0.3 is 0 Å². The maximum Gasteiger partial charge on any atom is 0.137 e. The Morgan fingerprint density at radius 2 is 0.977 bits per heavy atom. The van der Waals surface area contributed by atoms with Gasteiger partial charge in [0.1, 0.15) is 22.3 Å². The van der Waals surface area contributed by atoms with Crippen molar-refractivity contribution < 1.29 is 8.83 Å². The minimum Gasteiger partial charge on any atom is -0.456 e. The van der Waals surface area contributed by atoms with Crippen molar-refractivity contribution in [1.82, 2.24) is 0 Å². The van der Waals surface area contributed by atoms with E-state index in [2.05, 4.69) is 120 Å². The highest BCUT2D eigenvalue weighted by atomic mass is 32.1. The van der Waals surface area contributed by atoms with E-state index in [0.717, 1.165) is 60.9 Å². The molecule has 10 rings (SSSR count). The molecule has 7 aromatic carbocycles. The number of fused-ring (bicyclic) bond motifs is 10. The summed E-state index contributed by atoms with van der Waals surface area (Å²) in [5.74, 6) is 0. The molecule has 3 aromatic heterocycles. The number of anilines is 3. The second kappa shape index (κ2) is 8.96. The molecule has 0 aliphatic heterocycles. The Kier molecular flexibility index (Phi) is 4.87. The molecule has 4 heteroatoms. The first-order valence-corrected chi connectivity index (χ1v) is 15.6. The Morgan fingerprint density at radius 1 is 0.386 bits per heavy atom. The Bertz CT molecular complexity index is 2630. The van der Waals surface area contributed by atoms with E-state index in [-0.39, 0.29) is 0 Å². The fraction of sp³-hybridized carbons (Fsp3) is 0. The third-order valence-corrected chi connectivity index (χ3v) is 9.97. The molecule has 0 saturated carbocycles. The fourth-order valence-electron chi connectivity index (χ4n) is 6.81. The van der Waals surface area contributed by atoms with Crippen LogP contribution in [-0.2, 0) is 0 Å². The fourth-order valence-corrected chi connectivity index (χ4v) is 7.94. The van der Waals surface area contributed by atoms with Crippen LogP contribution >= 0.6 is 11.3 Å². The van der Waals surface area contributed by atoms with Crippen LogP contribution in [0.4, 0.5) is 17.1 Å². The van der Waals surface area contributed by atoms with Crippen molar-refractivity contribution in [2.24, 2.45) is 0 Å². The number of hydrogen-bond acceptors (Lipinski definition) is 4. The first-order chi connectivity index (χ1) is 21.8. The standard InChI is InChI=1S/C40H23NO2S/c1-4-13-35-27(9-1)29-18-16-25(21-37(29)42-35)41(26-17-19-30-28-10-2-5-14-36(28)43-38(30)22-26)34-12-7-8-24-20-33-31-11-3-6-15-39(31)44-40(33)23-32(24)34/h1-23H. The zero-order chi connectivity index (χ0) is 28.8. The summed E-state index contributed by atoms with van der Waals surface area (Å²) in [5.41, 5.74) is 6.68. The van der Waals surface area contributed by atoms with Crippen LogP contribution in [0.25, 0.3) is 74.8 Å². The van der Waals surface area contributed by atoms with Gasteiger partial charge in [-0.25, -0.2) is 0 Å². The summed E-state index contributed by atoms with van der Waals surface area (Å²) in [6.07, 6.45) is 0. The summed E-state index contributed by atoms with van der Waals surface area (Å²) in [6, 6.07) is 49.5. The Labute approximate surface area is 255 Å². The molecule has 0 spiro atoms. The SMILES string of the molecule is c1cc(N(c2ccc3c(c2)oc2ccccc23)c2ccc3c(c2)oc2ccccc23)c2cc3sc4ccccc4c3cc2c1. The summed E-state index contributed by atoms with van der Waals surface area (Å²) in [6.45, 7) is 0. The van der Waals surface area contributed by atoms with Gasteiger partial charge in [0, 0.05) is 70.6 Å². The van der Waals surface area contributed by atoms with Crippen LogP contribution in [0.15, 0.2) is 148 Å². The molecule has 3 nitrogen and oxygen atoms in total. The van der Waals surface area contributed by atoms with Crippen molar-refractivity contribution in [1.29, 1.82) is 0 Å². The van der Waals surface area contributed by atoms with E-state index in [9.17, 15) is 0 Å². The average Bonchev–Trinajstić information content (AvgIpc) is 3.74. The van der Waals surface area contributed by atoms with E-state index in [0.29, 0.717) is 0 Å². The van der Waals surface area contributed by atoms with Gasteiger partial charge in [0.05, 0.1) is 5.69 Å². The second-order valence-corrected chi connectivity index (χ2v) is 12.4. The lowest BCUT2D eigenvalue weighted by Gasteiger charge is -2.27. The topological polar surface area (TPSA) is 29.5 Å². The van der Waals surface area contributed by atoms with E-state index in [1.165, 1.54) is 30.9 Å². The molecular weight excluding hydrogens is 559 g/mol. The molecule has 0 aliphatic carbocycles. The van der Waals surface area contributed by atoms with Gasteiger partial charge in [-0.1, -0.05) is 66.7 Å². The minimum absolute atomic E-state index is 0.866. The summed E-state index contributed by atoms with van der Waals surface area (Å²) >= 11 is 1.85. The van der Waals surface area contributed by atoms with Crippen molar-refractivity contribution in [3.63, 3.8) is 0 Å². The predicted octanol–water partition coefficient (Wildman–Crippen LogP) is 12.5. The van der Waals surface area contributed by atoms with E-state index in [1.807, 2.05) is 35.6 Å². The average molecular weight is 582 g/mol. The number of rotatable bonds is 3. The third kappa shape index (κ3) is 3.43. The van der Waals surface area contributed by atoms with Gasteiger partial charge < -0.3 is 13.7 Å². The predicted molar refractivity (Wildman–Crippen MR) is 186 cm³/mol. The summed E-state index contributed by atoms with van der Waals surface area (Å²) < 4.78 is 15.3. The first kappa shape index (κ1) is 23.9. The van der Waals surface area contributed by atoms with Gasteiger partial charge in [-0.2, -0.15) is 0 Å². The molecule has 0 N–H and O–H groups in total. The second-order valence-electron chi connectivity index (χ2n) is 11.3. The van der Waals surface area contributed by atoms with E-state index >= 15 is 0 Å². The monoisotopic (exact) mass is 581 g/mol. The Hall–Kier alpha value is -5.58. The number of benzene rings is 7. The highest BCUT2D eigenvalue weighted by molar-refractivity contribution is 7.25. The van der Waals surface area contributed by atoms with Crippen LogP contribution in [0.3, 0.4) is 0 Å². The lowest BCUT2D eigenvalue weighted by Crippen LogP contribution is -2.10. The van der Waals surface area contributed by atoms with Crippen LogP contribution in [0, 0.1) is 0 Å². The van der Waals surface area contributed by atoms with Crippen LogP contribution in [0.1, 0.15) is 0 Å². The smallest absolute Gasteiger partial charge is 0.137 e. The zero-order valence-corrected chi connectivity index (χ0v) is 24.3. The molecule has 3 heterocycles. The van der Waals surface area contributed by atoms with Crippen molar-refractivity contribution in [3.05, 3.63) is 140 Å². The Morgan fingerprint density at radius 3 is 1.66 bits per heavy atom. The first-order valence-electron chi connectivity index (χ1n) is 14.8. The van der Waals surface area contributed by atoms with E-state index in [1.54, 1.807) is 0 Å². The summed E-state index contributed by atoms with van der Waals surface area (Å²) in [7, 11) is 0. The van der Waals surface area contributed by atoms with E-state index < -0.39 is 0 Å². The van der Waals surface area contributed by atoms with Gasteiger partial charge in [-0.05, 0) is 66.0 Å². The largest absolute Gasteiger partial charge is 0.456 e. The molecular formula is C40H23NO2S. The third-order valence-electron chi connectivity index (χ3n) is 8.84. The zero-order valence-electron chi connectivity index (χ0n) is 23.5. The van der Waals surface area contributed by atoms with Gasteiger partial charge in [0.25, 0.3) is 0 Å². The lowest BCUT2D eigenvalue weighted by molar-refractivity contribution is 0.669. The van der Waals surface area contributed by atoms with Crippen LogP contribution in [0.5, 0.6) is 0 Å². The van der Waals surface area contributed by atoms with Crippen LogP contribution in [-0.4, -0.2) is 0 Å². The molecule has 0 bridgehead atoms. The number of thiophene rings is 1. The number of para-hydroxylation sites is 2. The number of nitrogens with zero attached hydrogens (tertiary/aromatic N) is 1. The van der Waals surface area contributed by atoms with Crippen molar-refractivity contribution in [3.8, 4) is 0 Å². The van der Waals surface area contributed by atoms with Crippen molar-refractivity contribution >= 4 is 103 Å². The van der Waals surface area contributed by atoms with Gasteiger partial charge in [-0.3, -0.25) is 0 Å². The molecule has 10 aromatic rings. The van der Waals surface area contributed by atoms with Crippen molar-refractivity contribution in [2.45, 2.75) is 0 Å². The maximum absolute atomic E-state index is 6.36. The maximum atomic E-state index is 6.36. The molecule has 0 amide bonds. The van der Waals surface area contributed by atoms with Gasteiger partial charge in [-0.15, -0.1) is 11.3 Å². The molecule has 0 saturated heterocycles. The minimum atomic E-state index is 0.866. The van der Waals surface area contributed by atoms with Crippen LogP contribution < -0.4 is 4.90 Å². The molecule has 44 heavy (non-hydrogen) atoms. The van der Waals surface area contributed by atoms with Gasteiger partial charge in [0.2, 0.25) is 0 Å². The lowest BCUT2D eigenvalue weighted by atomic mass is 10.0. The van der Waals surface area contributed by atoms with E-state index in [4.69, 9.17) is 8.83 Å². The number of furan rings is 2. The molecule has 0 radical (unpaired) electrons. The quantitative estimate of drug-likeness (QED) is 0.208. The Balaban J connectivity index is 1.25. The summed E-state index contributed by atoms with van der Waals surface area (Å²) in [4.78, 5) is 2.33. The molecule has 0 aliphatic rings. The molecule has 206 valence electrons. The van der Waals surface area contributed by atoms with Gasteiger partial charge in [0.15, 0.2) is 0 Å². The summed E-state index contributed by atoms with van der Waals surface area (Å²) in [5, 5.41) is 9.49. The molecule has 0 fully saturated rings. The normalized spacial score (nSPS) is 12.1. The highest BCUT2D eigenvalue weighted by Gasteiger charge is 2.20. The van der Waals surface area contributed by atoms with Crippen molar-refractivity contribution in [2.75, 3.05) is 4.90 Å². The number of hydrogen-bond donors (Lipinski definition) is 0. The highest BCUT2D eigenvalue weighted by Crippen LogP contribution is 2.45. The van der Waals surface area contributed by atoms with Crippen LogP contribution in [0.2, 0.25) is 0 Å². The molecule has 0 atom stereocenters.